The molecule has 2 N–H and O–H groups in total. The summed E-state index contributed by atoms with van der Waals surface area (Å²) in [5.74, 6) is 0.620. The van der Waals surface area contributed by atoms with E-state index in [4.69, 9.17) is 4.74 Å². The molecule has 21 heavy (non-hydrogen) atoms. The largest absolute Gasteiger partial charge is 0.481 e. The van der Waals surface area contributed by atoms with Gasteiger partial charge >= 0.3 is 0 Å². The van der Waals surface area contributed by atoms with Gasteiger partial charge in [-0.25, -0.2) is 4.98 Å². The molecule has 0 radical (unpaired) electrons. The van der Waals surface area contributed by atoms with Gasteiger partial charge in [-0.2, -0.15) is 0 Å². The highest BCUT2D eigenvalue weighted by Crippen LogP contribution is 2.15. The zero-order valence-corrected chi connectivity index (χ0v) is 12.2. The van der Waals surface area contributed by atoms with Crippen LogP contribution < -0.4 is 15.4 Å². The number of pyridine rings is 1. The number of rotatable bonds is 6. The lowest BCUT2D eigenvalue weighted by atomic mass is 10.2. The lowest BCUT2D eigenvalue weighted by molar-refractivity contribution is -0.115. The zero-order chi connectivity index (χ0) is 15.1. The molecule has 0 fully saturated rings. The second-order valence-electron chi connectivity index (χ2n) is 4.54. The van der Waals surface area contributed by atoms with Crippen LogP contribution in [0.5, 0.6) is 5.88 Å². The minimum absolute atomic E-state index is 0.0139. The number of methoxy groups -OCH3 is 1. The summed E-state index contributed by atoms with van der Waals surface area (Å²) < 4.78 is 5.02. The predicted octanol–water partition coefficient (Wildman–Crippen LogP) is 3.05. The zero-order valence-electron chi connectivity index (χ0n) is 12.2. The quantitative estimate of drug-likeness (QED) is 0.856. The predicted molar refractivity (Wildman–Crippen MR) is 83.5 cm³/mol. The van der Waals surface area contributed by atoms with E-state index in [1.165, 1.54) is 0 Å². The molecule has 2 aromatic rings. The minimum Gasteiger partial charge on any atom is -0.481 e. The minimum atomic E-state index is 0.0139. The fourth-order valence-corrected chi connectivity index (χ4v) is 1.76. The van der Waals surface area contributed by atoms with E-state index >= 15 is 0 Å². The summed E-state index contributed by atoms with van der Waals surface area (Å²) in [6.45, 7) is 2.51. The van der Waals surface area contributed by atoms with Crippen LogP contribution in [0.3, 0.4) is 0 Å². The number of anilines is 2. The van der Waals surface area contributed by atoms with E-state index in [1.807, 2.05) is 43.3 Å². The molecule has 5 heteroatoms. The van der Waals surface area contributed by atoms with Gasteiger partial charge in [0.1, 0.15) is 0 Å². The molecular formula is C16H19N3O2. The number of benzene rings is 1. The molecule has 1 aromatic heterocycles. The van der Waals surface area contributed by atoms with Crippen LogP contribution in [-0.4, -0.2) is 18.0 Å². The van der Waals surface area contributed by atoms with Gasteiger partial charge in [-0.1, -0.05) is 13.0 Å². The second kappa shape index (κ2) is 7.28. The second-order valence-corrected chi connectivity index (χ2v) is 4.54. The number of hydrogen-bond donors (Lipinski definition) is 2. The van der Waals surface area contributed by atoms with Crippen molar-refractivity contribution < 1.29 is 9.53 Å². The fraction of sp³-hybridized carbons (Fsp3) is 0.250. The maximum Gasteiger partial charge on any atom is 0.224 e. The van der Waals surface area contributed by atoms with Crippen LogP contribution in [0, 0.1) is 0 Å². The Kier molecular flexibility index (Phi) is 5.15. The Bertz CT molecular complexity index is 579. The average molecular weight is 285 g/mol. The molecule has 2 rings (SSSR count). The standard InChI is InChI=1S/C16H19N3O2/c1-3-15(20)19-14-7-5-13(6-8-14)17-10-12-4-9-16(21-2)18-11-12/h4-9,11,17H,3,10H2,1-2H3,(H,19,20). The molecule has 0 saturated carbocycles. The third-order valence-electron chi connectivity index (χ3n) is 2.99. The van der Waals surface area contributed by atoms with Crippen molar-refractivity contribution in [3.63, 3.8) is 0 Å². The molecule has 0 aliphatic carbocycles. The highest BCUT2D eigenvalue weighted by atomic mass is 16.5. The Morgan fingerprint density at radius 1 is 1.14 bits per heavy atom. The molecule has 0 atom stereocenters. The molecule has 1 heterocycles. The van der Waals surface area contributed by atoms with Crippen molar-refractivity contribution in [2.24, 2.45) is 0 Å². The molecule has 0 saturated heterocycles. The van der Waals surface area contributed by atoms with E-state index in [2.05, 4.69) is 15.6 Å². The number of hydrogen-bond acceptors (Lipinski definition) is 4. The summed E-state index contributed by atoms with van der Waals surface area (Å²) >= 11 is 0. The number of carbonyl (C=O) groups excluding carboxylic acids is 1. The van der Waals surface area contributed by atoms with Crippen molar-refractivity contribution >= 4 is 17.3 Å². The summed E-state index contributed by atoms with van der Waals surface area (Å²) in [5, 5.41) is 6.11. The van der Waals surface area contributed by atoms with Gasteiger partial charge in [-0.3, -0.25) is 4.79 Å². The van der Waals surface area contributed by atoms with Crippen molar-refractivity contribution in [3.05, 3.63) is 48.2 Å². The number of aromatic nitrogens is 1. The Morgan fingerprint density at radius 2 is 1.86 bits per heavy atom. The molecule has 1 amide bonds. The molecule has 0 aliphatic heterocycles. The van der Waals surface area contributed by atoms with Gasteiger partial charge in [0.05, 0.1) is 7.11 Å². The molecular weight excluding hydrogens is 266 g/mol. The van der Waals surface area contributed by atoms with Crippen molar-refractivity contribution in [3.8, 4) is 5.88 Å². The third kappa shape index (κ3) is 4.49. The van der Waals surface area contributed by atoms with Gasteiger partial charge in [0, 0.05) is 36.6 Å². The third-order valence-corrected chi connectivity index (χ3v) is 2.99. The monoisotopic (exact) mass is 285 g/mol. The van der Waals surface area contributed by atoms with Crippen LogP contribution in [0.15, 0.2) is 42.6 Å². The maximum atomic E-state index is 11.3. The van der Waals surface area contributed by atoms with Gasteiger partial charge < -0.3 is 15.4 Å². The molecule has 110 valence electrons. The smallest absolute Gasteiger partial charge is 0.224 e. The first kappa shape index (κ1) is 14.8. The van der Waals surface area contributed by atoms with Gasteiger partial charge in [0.25, 0.3) is 0 Å². The van der Waals surface area contributed by atoms with E-state index in [0.29, 0.717) is 18.8 Å². The molecule has 5 nitrogen and oxygen atoms in total. The van der Waals surface area contributed by atoms with E-state index in [1.54, 1.807) is 13.3 Å². The lowest BCUT2D eigenvalue weighted by Gasteiger charge is -2.08. The van der Waals surface area contributed by atoms with Crippen molar-refractivity contribution in [2.75, 3.05) is 17.7 Å². The van der Waals surface area contributed by atoms with Gasteiger partial charge in [0.2, 0.25) is 11.8 Å². The summed E-state index contributed by atoms with van der Waals surface area (Å²) in [4.78, 5) is 15.4. The molecule has 0 unspecified atom stereocenters. The number of ether oxygens (including phenoxy) is 1. The summed E-state index contributed by atoms with van der Waals surface area (Å²) in [7, 11) is 1.60. The van der Waals surface area contributed by atoms with Crippen LogP contribution in [-0.2, 0) is 11.3 Å². The van der Waals surface area contributed by atoms with E-state index < -0.39 is 0 Å². The lowest BCUT2D eigenvalue weighted by Crippen LogP contribution is -2.09. The summed E-state index contributed by atoms with van der Waals surface area (Å²) in [5.41, 5.74) is 2.86. The normalized spacial score (nSPS) is 10.0. The number of nitrogens with one attached hydrogen (secondary N) is 2. The summed E-state index contributed by atoms with van der Waals surface area (Å²) in [6, 6.07) is 11.4. The van der Waals surface area contributed by atoms with E-state index in [0.717, 1.165) is 16.9 Å². The fourth-order valence-electron chi connectivity index (χ4n) is 1.76. The van der Waals surface area contributed by atoms with Crippen LogP contribution in [0.25, 0.3) is 0 Å². The van der Waals surface area contributed by atoms with Crippen molar-refractivity contribution in [1.82, 2.24) is 4.98 Å². The number of carbonyl (C=O) groups is 1. The molecule has 0 bridgehead atoms. The summed E-state index contributed by atoms with van der Waals surface area (Å²) in [6.07, 6.45) is 2.26. The maximum absolute atomic E-state index is 11.3. The first-order valence-corrected chi connectivity index (χ1v) is 6.84. The first-order valence-electron chi connectivity index (χ1n) is 6.84. The SMILES string of the molecule is CCC(=O)Nc1ccc(NCc2ccc(OC)nc2)cc1. The van der Waals surface area contributed by atoms with Crippen LogP contribution >= 0.6 is 0 Å². The molecule has 1 aromatic carbocycles. The van der Waals surface area contributed by atoms with Gasteiger partial charge in [-0.05, 0) is 29.8 Å². The van der Waals surface area contributed by atoms with Gasteiger partial charge in [0.15, 0.2) is 0 Å². The number of nitrogens with zero attached hydrogens (tertiary/aromatic N) is 1. The van der Waals surface area contributed by atoms with E-state index in [-0.39, 0.29) is 5.91 Å². The Labute approximate surface area is 124 Å². The van der Waals surface area contributed by atoms with Crippen molar-refractivity contribution in [1.29, 1.82) is 0 Å². The van der Waals surface area contributed by atoms with Crippen LogP contribution in [0.2, 0.25) is 0 Å². The highest BCUT2D eigenvalue weighted by Gasteiger charge is 2.00. The van der Waals surface area contributed by atoms with Crippen LogP contribution in [0.1, 0.15) is 18.9 Å². The average Bonchev–Trinajstić information content (AvgIpc) is 2.54. The van der Waals surface area contributed by atoms with Crippen molar-refractivity contribution in [2.45, 2.75) is 19.9 Å². The van der Waals surface area contributed by atoms with Crippen LogP contribution in [0.4, 0.5) is 11.4 Å². The molecule has 0 aliphatic rings. The Morgan fingerprint density at radius 3 is 2.43 bits per heavy atom. The first-order chi connectivity index (χ1) is 10.2. The molecule has 0 spiro atoms. The topological polar surface area (TPSA) is 63.2 Å². The van der Waals surface area contributed by atoms with Gasteiger partial charge in [-0.15, -0.1) is 0 Å². The number of amides is 1. The Balaban J connectivity index is 1.89. The Hall–Kier alpha value is -2.56. The highest BCUT2D eigenvalue weighted by molar-refractivity contribution is 5.90. The van der Waals surface area contributed by atoms with E-state index in [9.17, 15) is 4.79 Å².